The molecule has 0 radical (unpaired) electrons. The molecule has 2 fully saturated rings. The van der Waals surface area contributed by atoms with Crippen molar-refractivity contribution in [2.24, 2.45) is 11.8 Å². The predicted octanol–water partition coefficient (Wildman–Crippen LogP) is 2.80. The maximum absolute atomic E-state index is 12.8. The standard InChI is InChI=1S/C23H23N3O5/c27-21-10-15(13-26(21)18-6-7-19-20(12-18)31-9-8-30-19)23(29)25-17-3-1-2-16(11-17)24-22(28)14-4-5-14/h1-3,6-7,11-12,14-15H,4-5,8-10,13H2,(H,24,28)(H,25,29). The van der Waals surface area contributed by atoms with E-state index < -0.39 is 5.92 Å². The minimum absolute atomic E-state index is 0.0138. The third kappa shape index (κ3) is 4.19. The molecule has 31 heavy (non-hydrogen) atoms. The number of benzene rings is 2. The molecule has 1 saturated carbocycles. The Morgan fingerprint density at radius 3 is 2.26 bits per heavy atom. The zero-order chi connectivity index (χ0) is 21.4. The molecule has 1 saturated heterocycles. The van der Waals surface area contributed by atoms with Crippen LogP contribution in [-0.2, 0) is 14.4 Å². The summed E-state index contributed by atoms with van der Waals surface area (Å²) in [6, 6.07) is 12.4. The molecular formula is C23H23N3O5. The molecule has 0 bridgehead atoms. The fourth-order valence-electron chi connectivity index (χ4n) is 3.84. The molecule has 2 aliphatic heterocycles. The fraction of sp³-hybridized carbons (Fsp3) is 0.348. The van der Waals surface area contributed by atoms with Gasteiger partial charge in [0.15, 0.2) is 11.5 Å². The van der Waals surface area contributed by atoms with Gasteiger partial charge >= 0.3 is 0 Å². The number of nitrogens with one attached hydrogen (secondary N) is 2. The van der Waals surface area contributed by atoms with Crippen LogP contribution in [0.5, 0.6) is 11.5 Å². The lowest BCUT2D eigenvalue weighted by atomic mass is 10.1. The molecule has 8 nitrogen and oxygen atoms in total. The van der Waals surface area contributed by atoms with Crippen LogP contribution in [0.15, 0.2) is 42.5 Å². The van der Waals surface area contributed by atoms with Crippen LogP contribution in [0.25, 0.3) is 0 Å². The average Bonchev–Trinajstić information content (AvgIpc) is 3.55. The van der Waals surface area contributed by atoms with Crippen molar-refractivity contribution in [3.63, 3.8) is 0 Å². The highest BCUT2D eigenvalue weighted by Gasteiger charge is 2.36. The number of carbonyl (C=O) groups is 3. The number of fused-ring (bicyclic) bond motifs is 1. The van der Waals surface area contributed by atoms with Gasteiger partial charge in [0.05, 0.1) is 5.92 Å². The van der Waals surface area contributed by atoms with Crippen LogP contribution in [0.2, 0.25) is 0 Å². The van der Waals surface area contributed by atoms with Crippen molar-refractivity contribution in [3.8, 4) is 11.5 Å². The van der Waals surface area contributed by atoms with Crippen molar-refractivity contribution < 1.29 is 23.9 Å². The van der Waals surface area contributed by atoms with Gasteiger partial charge in [-0.2, -0.15) is 0 Å². The maximum atomic E-state index is 12.8. The highest BCUT2D eigenvalue weighted by atomic mass is 16.6. The van der Waals surface area contributed by atoms with E-state index in [-0.39, 0.29) is 30.1 Å². The van der Waals surface area contributed by atoms with E-state index in [1.54, 1.807) is 47.4 Å². The summed E-state index contributed by atoms with van der Waals surface area (Å²) in [5.41, 5.74) is 1.92. The molecule has 2 heterocycles. The molecule has 1 aliphatic carbocycles. The van der Waals surface area contributed by atoms with E-state index in [1.165, 1.54) is 0 Å². The summed E-state index contributed by atoms with van der Waals surface area (Å²) >= 11 is 0. The Bertz CT molecular complexity index is 1050. The Hall–Kier alpha value is -3.55. The van der Waals surface area contributed by atoms with Gasteiger partial charge in [-0.15, -0.1) is 0 Å². The molecule has 0 aromatic heterocycles. The van der Waals surface area contributed by atoms with Crippen LogP contribution >= 0.6 is 0 Å². The summed E-state index contributed by atoms with van der Waals surface area (Å²) in [7, 11) is 0. The number of hydrogen-bond acceptors (Lipinski definition) is 5. The fourth-order valence-corrected chi connectivity index (χ4v) is 3.84. The van der Waals surface area contributed by atoms with E-state index in [0.29, 0.717) is 48.3 Å². The smallest absolute Gasteiger partial charge is 0.229 e. The lowest BCUT2D eigenvalue weighted by Crippen LogP contribution is -2.28. The molecule has 3 aliphatic rings. The van der Waals surface area contributed by atoms with E-state index in [4.69, 9.17) is 9.47 Å². The second kappa shape index (κ2) is 7.94. The molecule has 1 unspecified atom stereocenters. The Morgan fingerprint density at radius 1 is 0.871 bits per heavy atom. The monoisotopic (exact) mass is 421 g/mol. The first-order chi connectivity index (χ1) is 15.1. The SMILES string of the molecule is O=C(Nc1cccc(NC(=O)C2CC(=O)N(c3ccc4c(c3)OCCO4)C2)c1)C1CC1. The quantitative estimate of drug-likeness (QED) is 0.774. The summed E-state index contributed by atoms with van der Waals surface area (Å²) in [5, 5.41) is 5.74. The summed E-state index contributed by atoms with van der Waals surface area (Å²) in [5.74, 6) is 0.583. The zero-order valence-electron chi connectivity index (χ0n) is 16.9. The van der Waals surface area contributed by atoms with Crippen molar-refractivity contribution in [1.29, 1.82) is 0 Å². The second-order valence-electron chi connectivity index (χ2n) is 8.07. The number of amides is 3. The normalized spacial score (nSPS) is 19.8. The third-order valence-corrected chi connectivity index (χ3v) is 5.68. The molecule has 5 rings (SSSR count). The van der Waals surface area contributed by atoms with Crippen LogP contribution in [-0.4, -0.2) is 37.5 Å². The number of rotatable bonds is 5. The maximum Gasteiger partial charge on any atom is 0.229 e. The Labute approximate surface area is 179 Å². The van der Waals surface area contributed by atoms with Crippen molar-refractivity contribution in [3.05, 3.63) is 42.5 Å². The van der Waals surface area contributed by atoms with Gasteiger partial charge in [0.1, 0.15) is 13.2 Å². The lowest BCUT2D eigenvalue weighted by Gasteiger charge is -2.22. The number of nitrogens with zero attached hydrogens (tertiary/aromatic N) is 1. The molecule has 1 atom stereocenters. The van der Waals surface area contributed by atoms with Gasteiger partial charge in [-0.1, -0.05) is 6.07 Å². The van der Waals surface area contributed by atoms with Crippen LogP contribution < -0.4 is 25.0 Å². The molecule has 3 amide bonds. The van der Waals surface area contributed by atoms with Gasteiger partial charge in [0, 0.05) is 42.0 Å². The van der Waals surface area contributed by atoms with Crippen LogP contribution in [0, 0.1) is 11.8 Å². The van der Waals surface area contributed by atoms with Crippen LogP contribution in [0.4, 0.5) is 17.1 Å². The van der Waals surface area contributed by atoms with Crippen molar-refractivity contribution in [2.75, 3.05) is 35.3 Å². The lowest BCUT2D eigenvalue weighted by molar-refractivity contribution is -0.122. The van der Waals surface area contributed by atoms with E-state index >= 15 is 0 Å². The molecule has 2 aromatic rings. The van der Waals surface area contributed by atoms with Gasteiger partial charge in [-0.3, -0.25) is 14.4 Å². The van der Waals surface area contributed by atoms with Gasteiger partial charge in [-0.25, -0.2) is 0 Å². The first kappa shape index (κ1) is 19.4. The van der Waals surface area contributed by atoms with Crippen molar-refractivity contribution >= 4 is 34.8 Å². The van der Waals surface area contributed by atoms with Crippen LogP contribution in [0.3, 0.4) is 0 Å². The van der Waals surface area contributed by atoms with E-state index in [9.17, 15) is 14.4 Å². The molecule has 2 aromatic carbocycles. The minimum Gasteiger partial charge on any atom is -0.486 e. The Kier molecular flexibility index (Phi) is 4.97. The average molecular weight is 421 g/mol. The van der Waals surface area contributed by atoms with Gasteiger partial charge < -0.3 is 25.0 Å². The summed E-state index contributed by atoms with van der Waals surface area (Å²) in [6.07, 6.45) is 1.99. The summed E-state index contributed by atoms with van der Waals surface area (Å²) in [4.78, 5) is 38.9. The van der Waals surface area contributed by atoms with E-state index in [1.807, 2.05) is 0 Å². The van der Waals surface area contributed by atoms with Gasteiger partial charge in [-0.05, 0) is 43.2 Å². The number of carbonyl (C=O) groups excluding carboxylic acids is 3. The van der Waals surface area contributed by atoms with Gasteiger partial charge in [0.2, 0.25) is 17.7 Å². The molecule has 2 N–H and O–H groups in total. The molecule has 160 valence electrons. The first-order valence-electron chi connectivity index (χ1n) is 10.5. The van der Waals surface area contributed by atoms with E-state index in [0.717, 1.165) is 12.8 Å². The van der Waals surface area contributed by atoms with Gasteiger partial charge in [0.25, 0.3) is 0 Å². The zero-order valence-corrected chi connectivity index (χ0v) is 16.9. The highest BCUT2D eigenvalue weighted by Crippen LogP contribution is 2.36. The largest absolute Gasteiger partial charge is 0.486 e. The van der Waals surface area contributed by atoms with Crippen LogP contribution in [0.1, 0.15) is 19.3 Å². The number of ether oxygens (including phenoxy) is 2. The molecular weight excluding hydrogens is 398 g/mol. The summed E-state index contributed by atoms with van der Waals surface area (Å²) in [6.45, 7) is 1.26. The highest BCUT2D eigenvalue weighted by molar-refractivity contribution is 6.04. The van der Waals surface area contributed by atoms with Crippen molar-refractivity contribution in [2.45, 2.75) is 19.3 Å². The topological polar surface area (TPSA) is 97.0 Å². The summed E-state index contributed by atoms with van der Waals surface area (Å²) < 4.78 is 11.1. The minimum atomic E-state index is -0.467. The first-order valence-corrected chi connectivity index (χ1v) is 10.5. The predicted molar refractivity (Wildman–Crippen MR) is 114 cm³/mol. The Balaban J connectivity index is 1.24. The molecule has 8 heteroatoms. The molecule has 0 spiro atoms. The Morgan fingerprint density at radius 2 is 1.55 bits per heavy atom. The number of hydrogen-bond donors (Lipinski definition) is 2. The number of anilines is 3. The third-order valence-electron chi connectivity index (χ3n) is 5.68. The van der Waals surface area contributed by atoms with Crippen molar-refractivity contribution in [1.82, 2.24) is 0 Å². The second-order valence-corrected chi connectivity index (χ2v) is 8.07. The van der Waals surface area contributed by atoms with E-state index in [2.05, 4.69) is 10.6 Å².